The minimum atomic E-state index is 0.126. The lowest BCUT2D eigenvalue weighted by Gasteiger charge is -2.08. The van der Waals surface area contributed by atoms with Gasteiger partial charge in [-0.3, -0.25) is 9.59 Å². The Morgan fingerprint density at radius 2 is 2.25 bits per heavy atom. The molecule has 0 bridgehead atoms. The van der Waals surface area contributed by atoms with Gasteiger partial charge in [0.15, 0.2) is 0 Å². The van der Waals surface area contributed by atoms with Crippen molar-refractivity contribution in [1.29, 1.82) is 0 Å². The molecule has 0 aromatic rings. The smallest absolute Gasteiger partial charge is 0.135 e. The second kappa shape index (κ2) is 3.83. The number of Topliss-reactive ketones (excluding diaryl/α,β-unsaturated/α-hetero) is 2. The van der Waals surface area contributed by atoms with E-state index >= 15 is 0 Å². The van der Waals surface area contributed by atoms with Crippen molar-refractivity contribution < 1.29 is 9.59 Å². The van der Waals surface area contributed by atoms with E-state index in [1.54, 1.807) is 0 Å². The van der Waals surface area contributed by atoms with Gasteiger partial charge in [-0.25, -0.2) is 0 Å². The molecule has 0 heterocycles. The zero-order valence-corrected chi connectivity index (χ0v) is 7.80. The zero-order valence-electron chi connectivity index (χ0n) is 7.80. The van der Waals surface area contributed by atoms with Crippen LogP contribution >= 0.6 is 0 Å². The molecule has 12 heavy (non-hydrogen) atoms. The van der Waals surface area contributed by atoms with Gasteiger partial charge in [-0.15, -0.1) is 0 Å². The highest BCUT2D eigenvalue weighted by Crippen LogP contribution is 2.26. The molecule has 68 valence electrons. The van der Waals surface area contributed by atoms with Crippen LogP contribution in [0.25, 0.3) is 0 Å². The highest BCUT2D eigenvalue weighted by molar-refractivity contribution is 5.84. The predicted molar refractivity (Wildman–Crippen MR) is 46.8 cm³/mol. The van der Waals surface area contributed by atoms with Gasteiger partial charge >= 0.3 is 0 Å². The van der Waals surface area contributed by atoms with E-state index in [0.717, 1.165) is 6.42 Å². The molecule has 0 aromatic heterocycles. The number of rotatable bonds is 3. The van der Waals surface area contributed by atoms with Crippen molar-refractivity contribution in [3.63, 3.8) is 0 Å². The van der Waals surface area contributed by atoms with Crippen LogP contribution in [0.2, 0.25) is 0 Å². The first-order valence-electron chi connectivity index (χ1n) is 4.64. The Kier molecular flexibility index (Phi) is 3.01. The molecule has 1 saturated carbocycles. The van der Waals surface area contributed by atoms with E-state index in [0.29, 0.717) is 36.7 Å². The molecule has 1 aliphatic carbocycles. The summed E-state index contributed by atoms with van der Waals surface area (Å²) in [5.74, 6) is 1.11. The topological polar surface area (TPSA) is 34.1 Å². The summed E-state index contributed by atoms with van der Waals surface area (Å²) in [6.07, 6.45) is 2.87. The summed E-state index contributed by atoms with van der Waals surface area (Å²) in [4.78, 5) is 22.2. The van der Waals surface area contributed by atoms with E-state index in [2.05, 4.69) is 0 Å². The molecule has 0 radical (unpaired) electrons. The maximum Gasteiger partial charge on any atom is 0.135 e. The molecule has 1 fully saturated rings. The van der Waals surface area contributed by atoms with Crippen molar-refractivity contribution in [3.8, 4) is 0 Å². The fourth-order valence-electron chi connectivity index (χ4n) is 1.59. The molecule has 0 aliphatic heterocycles. The van der Waals surface area contributed by atoms with Crippen LogP contribution in [-0.2, 0) is 9.59 Å². The second-order valence-corrected chi connectivity index (χ2v) is 3.97. The van der Waals surface area contributed by atoms with Crippen LogP contribution in [0.15, 0.2) is 0 Å². The summed E-state index contributed by atoms with van der Waals surface area (Å²) < 4.78 is 0. The van der Waals surface area contributed by atoms with Crippen LogP contribution in [0.5, 0.6) is 0 Å². The SMILES string of the molecule is CC(C)C(=O)C[C@H]1CCC(=O)C1. The summed E-state index contributed by atoms with van der Waals surface area (Å²) in [5.41, 5.74) is 0. The van der Waals surface area contributed by atoms with Crippen molar-refractivity contribution >= 4 is 11.6 Å². The van der Waals surface area contributed by atoms with Crippen molar-refractivity contribution in [2.75, 3.05) is 0 Å². The highest BCUT2D eigenvalue weighted by atomic mass is 16.1. The quantitative estimate of drug-likeness (QED) is 0.645. The van der Waals surface area contributed by atoms with E-state index in [1.165, 1.54) is 0 Å². The van der Waals surface area contributed by atoms with E-state index in [9.17, 15) is 9.59 Å². The Morgan fingerprint density at radius 3 is 2.67 bits per heavy atom. The lowest BCUT2D eigenvalue weighted by molar-refractivity contribution is -0.122. The fourth-order valence-corrected chi connectivity index (χ4v) is 1.59. The van der Waals surface area contributed by atoms with E-state index in [4.69, 9.17) is 0 Å². The largest absolute Gasteiger partial charge is 0.300 e. The Morgan fingerprint density at radius 1 is 1.58 bits per heavy atom. The highest BCUT2D eigenvalue weighted by Gasteiger charge is 2.24. The predicted octanol–water partition coefficient (Wildman–Crippen LogP) is 1.97. The molecule has 0 unspecified atom stereocenters. The third-order valence-corrected chi connectivity index (χ3v) is 2.48. The Hall–Kier alpha value is -0.660. The summed E-state index contributed by atoms with van der Waals surface area (Å²) in [6, 6.07) is 0. The molecule has 2 nitrogen and oxygen atoms in total. The molecule has 1 atom stereocenters. The third-order valence-electron chi connectivity index (χ3n) is 2.48. The first-order chi connectivity index (χ1) is 5.59. The van der Waals surface area contributed by atoms with Gasteiger partial charge in [0.2, 0.25) is 0 Å². The standard InChI is InChI=1S/C10H16O2/c1-7(2)10(12)6-8-3-4-9(11)5-8/h7-8H,3-6H2,1-2H3/t8-/m0/s1. The van der Waals surface area contributed by atoms with Crippen molar-refractivity contribution in [3.05, 3.63) is 0 Å². The van der Waals surface area contributed by atoms with Gasteiger partial charge in [-0.05, 0) is 12.3 Å². The first-order valence-corrected chi connectivity index (χ1v) is 4.64. The average molecular weight is 168 g/mol. The summed E-state index contributed by atoms with van der Waals surface area (Å²) in [7, 11) is 0. The lowest BCUT2D eigenvalue weighted by atomic mass is 9.95. The number of carbonyl (C=O) groups excluding carboxylic acids is 2. The van der Waals surface area contributed by atoms with Crippen LogP contribution in [0, 0.1) is 11.8 Å². The van der Waals surface area contributed by atoms with Gasteiger partial charge in [-0.1, -0.05) is 13.8 Å². The lowest BCUT2D eigenvalue weighted by Crippen LogP contribution is -2.11. The molecule has 0 saturated heterocycles. The fraction of sp³-hybridized carbons (Fsp3) is 0.800. The van der Waals surface area contributed by atoms with Gasteiger partial charge in [0.25, 0.3) is 0 Å². The van der Waals surface area contributed by atoms with E-state index in [1.807, 2.05) is 13.8 Å². The molecule has 0 spiro atoms. The van der Waals surface area contributed by atoms with Gasteiger partial charge in [-0.2, -0.15) is 0 Å². The van der Waals surface area contributed by atoms with Crippen molar-refractivity contribution in [2.24, 2.45) is 11.8 Å². The van der Waals surface area contributed by atoms with Gasteiger partial charge in [0, 0.05) is 25.2 Å². The van der Waals surface area contributed by atoms with Gasteiger partial charge < -0.3 is 0 Å². The third kappa shape index (κ3) is 2.43. The Labute approximate surface area is 73.3 Å². The molecular weight excluding hydrogens is 152 g/mol. The normalized spacial score (nSPS) is 23.6. The van der Waals surface area contributed by atoms with Crippen molar-refractivity contribution in [2.45, 2.75) is 39.5 Å². The molecule has 0 N–H and O–H groups in total. The number of hydrogen-bond donors (Lipinski definition) is 0. The maximum absolute atomic E-state index is 11.3. The van der Waals surface area contributed by atoms with Gasteiger partial charge in [0.05, 0.1) is 0 Å². The summed E-state index contributed by atoms with van der Waals surface area (Å²) in [6.45, 7) is 3.83. The molecule has 0 aromatic carbocycles. The molecule has 1 rings (SSSR count). The van der Waals surface area contributed by atoms with Gasteiger partial charge in [0.1, 0.15) is 11.6 Å². The van der Waals surface area contributed by atoms with Crippen LogP contribution < -0.4 is 0 Å². The Balaban J connectivity index is 2.32. The minimum Gasteiger partial charge on any atom is -0.300 e. The zero-order chi connectivity index (χ0) is 9.14. The van der Waals surface area contributed by atoms with Crippen LogP contribution in [-0.4, -0.2) is 11.6 Å². The average Bonchev–Trinajstić information content (AvgIpc) is 2.35. The molecule has 2 heteroatoms. The number of hydrogen-bond acceptors (Lipinski definition) is 2. The van der Waals surface area contributed by atoms with E-state index < -0.39 is 0 Å². The second-order valence-electron chi connectivity index (χ2n) is 3.97. The Bertz CT molecular complexity index is 194. The monoisotopic (exact) mass is 168 g/mol. The summed E-state index contributed by atoms with van der Waals surface area (Å²) >= 11 is 0. The summed E-state index contributed by atoms with van der Waals surface area (Å²) in [5, 5.41) is 0. The van der Waals surface area contributed by atoms with Crippen LogP contribution in [0.3, 0.4) is 0 Å². The minimum absolute atomic E-state index is 0.126. The van der Waals surface area contributed by atoms with E-state index in [-0.39, 0.29) is 5.92 Å². The maximum atomic E-state index is 11.3. The molecule has 1 aliphatic rings. The number of ketones is 2. The van der Waals surface area contributed by atoms with Crippen LogP contribution in [0.1, 0.15) is 39.5 Å². The molecular formula is C10H16O2. The molecule has 0 amide bonds. The van der Waals surface area contributed by atoms with Crippen molar-refractivity contribution in [1.82, 2.24) is 0 Å². The van der Waals surface area contributed by atoms with Crippen LogP contribution in [0.4, 0.5) is 0 Å². The first kappa shape index (κ1) is 9.43. The number of carbonyl (C=O) groups is 2.